The van der Waals surface area contributed by atoms with E-state index in [0.717, 1.165) is 10.5 Å². The Morgan fingerprint density at radius 2 is 1.73 bits per heavy atom. The number of methoxy groups -OCH3 is 1. The molecule has 1 aliphatic rings. The molecule has 0 aromatic heterocycles. The van der Waals surface area contributed by atoms with Gasteiger partial charge in [-0.15, -0.1) is 0 Å². The molecule has 8 heteroatoms. The predicted octanol–water partition coefficient (Wildman–Crippen LogP) is 4.39. The molecule has 0 aliphatic carbocycles. The van der Waals surface area contributed by atoms with Crippen molar-refractivity contribution in [3.05, 3.63) is 59.2 Å². The van der Waals surface area contributed by atoms with Crippen LogP contribution in [0.15, 0.2) is 42.5 Å². The Morgan fingerprint density at radius 1 is 1.07 bits per heavy atom. The van der Waals surface area contributed by atoms with Gasteiger partial charge in [0.15, 0.2) is 11.5 Å². The normalized spacial score (nSPS) is 18.9. The van der Waals surface area contributed by atoms with Crippen molar-refractivity contribution in [1.82, 2.24) is 10.2 Å². The van der Waals surface area contributed by atoms with Crippen molar-refractivity contribution >= 4 is 11.9 Å². The molecule has 3 rings (SSSR count). The van der Waals surface area contributed by atoms with E-state index >= 15 is 0 Å². The van der Waals surface area contributed by atoms with E-state index in [2.05, 4.69) is 23.9 Å². The van der Waals surface area contributed by atoms with Crippen LogP contribution in [0.1, 0.15) is 43.4 Å². The highest BCUT2D eigenvalue weighted by Gasteiger charge is 2.48. The molecule has 160 valence electrons. The molecule has 0 spiro atoms. The van der Waals surface area contributed by atoms with Gasteiger partial charge in [-0.2, -0.15) is 8.78 Å². The van der Waals surface area contributed by atoms with Crippen LogP contribution in [-0.2, 0) is 16.9 Å². The lowest BCUT2D eigenvalue weighted by molar-refractivity contribution is -0.131. The van der Waals surface area contributed by atoms with Gasteiger partial charge in [-0.05, 0) is 41.7 Å². The number of carbonyl (C=O) groups is 2. The average molecular weight is 418 g/mol. The molecule has 2 aromatic rings. The molecule has 1 atom stereocenters. The number of nitrogens with one attached hydrogen (secondary N) is 1. The maximum absolute atomic E-state index is 13.1. The predicted molar refractivity (Wildman–Crippen MR) is 107 cm³/mol. The molecule has 1 fully saturated rings. The average Bonchev–Trinajstić information content (AvgIpc) is 2.92. The molecule has 30 heavy (non-hydrogen) atoms. The fraction of sp³-hybridized carbons (Fsp3) is 0.364. The molecular formula is C22H24F2N2O4. The van der Waals surface area contributed by atoms with Crippen LogP contribution in [0.25, 0.3) is 0 Å². The molecule has 2 aromatic carbocycles. The summed E-state index contributed by atoms with van der Waals surface area (Å²) in [5, 5.41) is 2.76. The maximum Gasteiger partial charge on any atom is 0.387 e. The van der Waals surface area contributed by atoms with Gasteiger partial charge in [0.25, 0.3) is 5.91 Å². The molecule has 1 heterocycles. The SMILES string of the molecule is COc1cc(CN2C(=O)N[C@](C)(c3ccc(C(C)C)cc3)C2=O)ccc1OC(F)F. The highest BCUT2D eigenvalue weighted by atomic mass is 19.3. The zero-order valence-electron chi connectivity index (χ0n) is 17.2. The summed E-state index contributed by atoms with van der Waals surface area (Å²) in [5.74, 6) is -0.0729. The summed E-state index contributed by atoms with van der Waals surface area (Å²) in [6, 6.07) is 11.3. The summed E-state index contributed by atoms with van der Waals surface area (Å²) < 4.78 is 34.5. The topological polar surface area (TPSA) is 67.9 Å². The van der Waals surface area contributed by atoms with Crippen LogP contribution in [0.4, 0.5) is 13.6 Å². The third kappa shape index (κ3) is 4.08. The summed E-state index contributed by atoms with van der Waals surface area (Å²) in [6.07, 6.45) is 0. The molecule has 0 bridgehead atoms. The van der Waals surface area contributed by atoms with Gasteiger partial charge >= 0.3 is 12.6 Å². The third-order valence-electron chi connectivity index (χ3n) is 5.21. The van der Waals surface area contributed by atoms with Crippen molar-refractivity contribution in [3.8, 4) is 11.5 Å². The van der Waals surface area contributed by atoms with Crippen molar-refractivity contribution in [2.75, 3.05) is 7.11 Å². The zero-order chi connectivity index (χ0) is 22.1. The van der Waals surface area contributed by atoms with Crippen LogP contribution in [0.2, 0.25) is 0 Å². The van der Waals surface area contributed by atoms with Crippen LogP contribution in [0.5, 0.6) is 11.5 Å². The summed E-state index contributed by atoms with van der Waals surface area (Å²) in [5.41, 5.74) is 1.17. The minimum atomic E-state index is -2.99. The number of carbonyl (C=O) groups excluding carboxylic acids is 2. The van der Waals surface area contributed by atoms with Crippen molar-refractivity contribution in [1.29, 1.82) is 0 Å². The quantitative estimate of drug-likeness (QED) is 0.678. The van der Waals surface area contributed by atoms with Crippen LogP contribution < -0.4 is 14.8 Å². The molecule has 6 nitrogen and oxygen atoms in total. The lowest BCUT2D eigenvalue weighted by atomic mass is 9.90. The summed E-state index contributed by atoms with van der Waals surface area (Å²) in [7, 11) is 1.32. The van der Waals surface area contributed by atoms with E-state index in [1.165, 1.54) is 25.3 Å². The van der Waals surface area contributed by atoms with Crippen molar-refractivity contribution in [2.24, 2.45) is 0 Å². The summed E-state index contributed by atoms with van der Waals surface area (Å²) >= 11 is 0. The molecule has 0 unspecified atom stereocenters. The Balaban J connectivity index is 1.83. The van der Waals surface area contributed by atoms with E-state index in [0.29, 0.717) is 17.0 Å². The molecule has 1 aliphatic heterocycles. The number of alkyl halides is 2. The number of halogens is 2. The Morgan fingerprint density at radius 3 is 2.30 bits per heavy atom. The Hall–Kier alpha value is -3.16. The first kappa shape index (κ1) is 21.5. The van der Waals surface area contributed by atoms with Gasteiger partial charge in [0.2, 0.25) is 0 Å². The molecule has 1 N–H and O–H groups in total. The van der Waals surface area contributed by atoms with E-state index < -0.39 is 24.1 Å². The van der Waals surface area contributed by atoms with E-state index in [-0.39, 0.29) is 18.0 Å². The van der Waals surface area contributed by atoms with Gasteiger partial charge < -0.3 is 14.8 Å². The minimum absolute atomic E-state index is 0.0321. The Bertz CT molecular complexity index is 947. The number of rotatable bonds is 7. The lowest BCUT2D eigenvalue weighted by Crippen LogP contribution is -2.40. The highest BCUT2D eigenvalue weighted by Crippen LogP contribution is 2.33. The second-order valence-corrected chi connectivity index (χ2v) is 7.59. The van der Waals surface area contributed by atoms with Crippen LogP contribution in [-0.4, -0.2) is 30.6 Å². The van der Waals surface area contributed by atoms with E-state index in [4.69, 9.17) is 4.74 Å². The van der Waals surface area contributed by atoms with Crippen molar-refractivity contribution in [2.45, 2.75) is 45.4 Å². The van der Waals surface area contributed by atoms with Crippen LogP contribution in [0, 0.1) is 0 Å². The fourth-order valence-corrected chi connectivity index (χ4v) is 3.42. The Labute approximate surface area is 173 Å². The van der Waals surface area contributed by atoms with Crippen molar-refractivity contribution in [3.63, 3.8) is 0 Å². The van der Waals surface area contributed by atoms with E-state index in [1.54, 1.807) is 6.92 Å². The van der Waals surface area contributed by atoms with Gasteiger partial charge in [0, 0.05) is 0 Å². The van der Waals surface area contributed by atoms with Gasteiger partial charge in [-0.25, -0.2) is 4.79 Å². The lowest BCUT2D eigenvalue weighted by Gasteiger charge is -2.23. The monoisotopic (exact) mass is 418 g/mol. The third-order valence-corrected chi connectivity index (χ3v) is 5.21. The number of hydrogen-bond donors (Lipinski definition) is 1. The first-order valence-corrected chi connectivity index (χ1v) is 9.52. The minimum Gasteiger partial charge on any atom is -0.493 e. The second kappa shape index (κ2) is 8.30. The first-order valence-electron chi connectivity index (χ1n) is 9.52. The number of benzene rings is 2. The number of nitrogens with zero attached hydrogens (tertiary/aromatic N) is 1. The number of amides is 3. The van der Waals surface area contributed by atoms with Crippen molar-refractivity contribution < 1.29 is 27.8 Å². The number of imide groups is 1. The highest BCUT2D eigenvalue weighted by molar-refractivity contribution is 6.07. The molecular weight excluding hydrogens is 394 g/mol. The molecule has 0 radical (unpaired) electrons. The number of ether oxygens (including phenoxy) is 2. The number of hydrogen-bond acceptors (Lipinski definition) is 4. The Kier molecular flexibility index (Phi) is 5.96. The fourth-order valence-electron chi connectivity index (χ4n) is 3.42. The van der Waals surface area contributed by atoms with E-state index in [9.17, 15) is 18.4 Å². The summed E-state index contributed by atoms with van der Waals surface area (Å²) in [4.78, 5) is 26.8. The summed E-state index contributed by atoms with van der Waals surface area (Å²) in [6.45, 7) is 2.80. The molecule has 0 saturated carbocycles. The van der Waals surface area contributed by atoms with Gasteiger partial charge in [0.05, 0.1) is 13.7 Å². The number of urea groups is 1. The smallest absolute Gasteiger partial charge is 0.387 e. The zero-order valence-corrected chi connectivity index (χ0v) is 17.2. The largest absolute Gasteiger partial charge is 0.493 e. The van der Waals surface area contributed by atoms with Gasteiger partial charge in [0.1, 0.15) is 5.54 Å². The standard InChI is InChI=1S/C22H24F2N2O4/c1-13(2)15-6-8-16(9-7-15)22(3)19(27)26(21(28)25-22)12-14-5-10-17(30-20(23)24)18(11-14)29-4/h5-11,13,20H,12H2,1-4H3,(H,25,28)/t22-/m1/s1. The van der Waals surface area contributed by atoms with Crippen LogP contribution >= 0.6 is 0 Å². The first-order chi connectivity index (χ1) is 14.2. The molecule has 1 saturated heterocycles. The second-order valence-electron chi connectivity index (χ2n) is 7.59. The molecule has 3 amide bonds. The maximum atomic E-state index is 13.1. The van der Waals surface area contributed by atoms with Crippen LogP contribution in [0.3, 0.4) is 0 Å². The van der Waals surface area contributed by atoms with E-state index in [1.807, 2.05) is 24.3 Å². The van der Waals surface area contributed by atoms with Gasteiger partial charge in [-0.1, -0.05) is 44.2 Å². The van der Waals surface area contributed by atoms with Gasteiger partial charge in [-0.3, -0.25) is 9.69 Å².